The molecule has 78 valence electrons. The maximum absolute atomic E-state index is 11.1. The Hall–Kier alpha value is -0.660. The van der Waals surface area contributed by atoms with E-state index in [2.05, 4.69) is 0 Å². The van der Waals surface area contributed by atoms with Gasteiger partial charge in [0.2, 0.25) is 10.0 Å². The van der Waals surface area contributed by atoms with Crippen molar-refractivity contribution in [3.63, 3.8) is 0 Å². The zero-order chi connectivity index (χ0) is 10.6. The largest absolute Gasteiger partial charge is 0.480 e. The summed E-state index contributed by atoms with van der Waals surface area (Å²) in [5.41, 5.74) is 5.14. The number of nitrogens with zero attached hydrogens (tertiary/aromatic N) is 1. The van der Waals surface area contributed by atoms with Crippen LogP contribution in [0.25, 0.3) is 0 Å². The zero-order valence-corrected chi connectivity index (χ0v) is 8.41. The van der Waals surface area contributed by atoms with Crippen molar-refractivity contribution in [2.24, 2.45) is 5.73 Å². The molecule has 0 aliphatic rings. The number of carbonyl (C=O) groups is 1. The van der Waals surface area contributed by atoms with Crippen LogP contribution in [0.1, 0.15) is 6.42 Å². The second kappa shape index (κ2) is 4.54. The molecule has 6 nitrogen and oxygen atoms in total. The van der Waals surface area contributed by atoms with Gasteiger partial charge < -0.3 is 10.8 Å². The van der Waals surface area contributed by atoms with Crippen LogP contribution in [0.3, 0.4) is 0 Å². The first kappa shape index (κ1) is 12.3. The number of carboxylic acid groups (broad SMARTS) is 1. The van der Waals surface area contributed by atoms with Gasteiger partial charge in [-0.15, -0.1) is 0 Å². The summed E-state index contributed by atoms with van der Waals surface area (Å²) in [6.07, 6.45) is -0.0736. The first-order valence-corrected chi connectivity index (χ1v) is 5.27. The van der Waals surface area contributed by atoms with Crippen LogP contribution in [0.15, 0.2) is 0 Å². The van der Waals surface area contributed by atoms with E-state index >= 15 is 0 Å². The standard InChI is InChI=1S/C6H14N2O4S/c1-8(2)13(11,12)4-3-5(7)6(9)10/h5H,3-4,7H2,1-2H3,(H,9,10)/t5-/m1/s1. The fourth-order valence-electron chi connectivity index (χ4n) is 0.582. The van der Waals surface area contributed by atoms with E-state index in [4.69, 9.17) is 10.8 Å². The van der Waals surface area contributed by atoms with Crippen LogP contribution in [-0.4, -0.2) is 49.7 Å². The smallest absolute Gasteiger partial charge is 0.320 e. The molecular weight excluding hydrogens is 196 g/mol. The molecule has 0 aromatic rings. The van der Waals surface area contributed by atoms with Crippen molar-refractivity contribution < 1.29 is 18.3 Å². The molecule has 3 N–H and O–H groups in total. The van der Waals surface area contributed by atoms with E-state index < -0.39 is 22.0 Å². The third kappa shape index (κ3) is 4.20. The van der Waals surface area contributed by atoms with E-state index in [1.807, 2.05) is 0 Å². The molecule has 1 atom stereocenters. The summed E-state index contributed by atoms with van der Waals surface area (Å²) in [5.74, 6) is -1.43. The monoisotopic (exact) mass is 210 g/mol. The zero-order valence-electron chi connectivity index (χ0n) is 7.60. The van der Waals surface area contributed by atoms with Crippen LogP contribution >= 0.6 is 0 Å². The highest BCUT2D eigenvalue weighted by molar-refractivity contribution is 7.89. The second-order valence-electron chi connectivity index (χ2n) is 2.83. The molecule has 0 saturated carbocycles. The molecule has 0 unspecified atom stereocenters. The van der Waals surface area contributed by atoms with E-state index in [9.17, 15) is 13.2 Å². The van der Waals surface area contributed by atoms with Crippen molar-refractivity contribution in [3.8, 4) is 0 Å². The Morgan fingerprint density at radius 2 is 2.00 bits per heavy atom. The Morgan fingerprint density at radius 3 is 2.31 bits per heavy atom. The lowest BCUT2D eigenvalue weighted by atomic mass is 10.2. The number of aliphatic carboxylic acids is 1. The first-order chi connectivity index (χ1) is 5.77. The van der Waals surface area contributed by atoms with E-state index in [1.54, 1.807) is 0 Å². The minimum Gasteiger partial charge on any atom is -0.480 e. The quantitative estimate of drug-likeness (QED) is 0.586. The Bertz CT molecular complexity index is 272. The van der Waals surface area contributed by atoms with Crippen molar-refractivity contribution in [1.82, 2.24) is 4.31 Å². The van der Waals surface area contributed by atoms with Crippen LogP contribution in [0, 0.1) is 0 Å². The van der Waals surface area contributed by atoms with Gasteiger partial charge in [0.15, 0.2) is 0 Å². The van der Waals surface area contributed by atoms with Gasteiger partial charge in [0.25, 0.3) is 0 Å². The number of nitrogens with two attached hydrogens (primary N) is 1. The molecule has 0 aromatic carbocycles. The SMILES string of the molecule is CN(C)S(=O)(=O)CC[C@@H](N)C(=O)O. The van der Waals surface area contributed by atoms with E-state index in [-0.39, 0.29) is 12.2 Å². The summed E-state index contributed by atoms with van der Waals surface area (Å²) < 4.78 is 23.3. The summed E-state index contributed by atoms with van der Waals surface area (Å²) in [6.45, 7) is 0. The highest BCUT2D eigenvalue weighted by Gasteiger charge is 2.18. The van der Waals surface area contributed by atoms with Gasteiger partial charge in [0.05, 0.1) is 5.75 Å². The molecule has 0 radical (unpaired) electrons. The minimum atomic E-state index is -3.34. The molecule has 7 heteroatoms. The summed E-state index contributed by atoms with van der Waals surface area (Å²) in [7, 11) is -0.556. The Labute approximate surface area is 77.4 Å². The van der Waals surface area contributed by atoms with Crippen molar-refractivity contribution in [3.05, 3.63) is 0 Å². The molecular formula is C6H14N2O4S. The lowest BCUT2D eigenvalue weighted by Gasteiger charge is -2.12. The molecule has 0 aliphatic heterocycles. The van der Waals surface area contributed by atoms with Gasteiger partial charge >= 0.3 is 5.97 Å². The molecule has 0 amide bonds. The number of carboxylic acids is 1. The number of hydrogen-bond donors (Lipinski definition) is 2. The molecule has 13 heavy (non-hydrogen) atoms. The molecule has 0 saturated heterocycles. The topological polar surface area (TPSA) is 101 Å². The van der Waals surface area contributed by atoms with Crippen LogP contribution in [0.4, 0.5) is 0 Å². The minimum absolute atomic E-state index is 0.0736. The molecule has 0 bridgehead atoms. The normalized spacial score (nSPS) is 14.5. The fraction of sp³-hybridized carbons (Fsp3) is 0.833. The summed E-state index contributed by atoms with van der Waals surface area (Å²) >= 11 is 0. The van der Waals surface area contributed by atoms with Crippen molar-refractivity contribution >= 4 is 16.0 Å². The lowest BCUT2D eigenvalue weighted by molar-refractivity contribution is -0.138. The highest BCUT2D eigenvalue weighted by atomic mass is 32.2. The third-order valence-electron chi connectivity index (χ3n) is 1.56. The Balaban J connectivity index is 4.11. The average molecular weight is 210 g/mol. The predicted octanol–water partition coefficient (Wildman–Crippen LogP) is -1.32. The van der Waals surface area contributed by atoms with Crippen molar-refractivity contribution in [1.29, 1.82) is 0 Å². The van der Waals surface area contributed by atoms with Gasteiger partial charge in [-0.2, -0.15) is 0 Å². The number of hydrogen-bond acceptors (Lipinski definition) is 4. The van der Waals surface area contributed by atoms with E-state index in [1.165, 1.54) is 14.1 Å². The number of rotatable bonds is 5. The number of sulfonamides is 1. The fourth-order valence-corrected chi connectivity index (χ4v) is 1.50. The van der Waals surface area contributed by atoms with Gasteiger partial charge in [0.1, 0.15) is 6.04 Å². The average Bonchev–Trinajstić information content (AvgIpc) is 1.99. The van der Waals surface area contributed by atoms with Crippen LogP contribution in [0.5, 0.6) is 0 Å². The van der Waals surface area contributed by atoms with Gasteiger partial charge in [-0.3, -0.25) is 4.79 Å². The maximum Gasteiger partial charge on any atom is 0.320 e. The van der Waals surface area contributed by atoms with Gasteiger partial charge in [0, 0.05) is 14.1 Å². The van der Waals surface area contributed by atoms with Crippen LogP contribution < -0.4 is 5.73 Å². The van der Waals surface area contributed by atoms with Crippen molar-refractivity contribution in [2.75, 3.05) is 19.8 Å². The highest BCUT2D eigenvalue weighted by Crippen LogP contribution is 1.99. The molecule has 0 fully saturated rings. The maximum atomic E-state index is 11.1. The Morgan fingerprint density at radius 1 is 1.54 bits per heavy atom. The van der Waals surface area contributed by atoms with E-state index in [0.29, 0.717) is 0 Å². The molecule has 0 aliphatic carbocycles. The van der Waals surface area contributed by atoms with Crippen molar-refractivity contribution in [2.45, 2.75) is 12.5 Å². The first-order valence-electron chi connectivity index (χ1n) is 3.66. The second-order valence-corrected chi connectivity index (χ2v) is 5.13. The van der Waals surface area contributed by atoms with Gasteiger partial charge in [-0.1, -0.05) is 0 Å². The van der Waals surface area contributed by atoms with Crippen LogP contribution in [0.2, 0.25) is 0 Å². The molecule has 0 rings (SSSR count). The molecule has 0 spiro atoms. The molecule has 0 aromatic heterocycles. The van der Waals surface area contributed by atoms with Gasteiger partial charge in [-0.25, -0.2) is 12.7 Å². The predicted molar refractivity (Wildman–Crippen MR) is 47.7 cm³/mol. The van der Waals surface area contributed by atoms with E-state index in [0.717, 1.165) is 4.31 Å². The summed E-state index contributed by atoms with van der Waals surface area (Å²) in [4.78, 5) is 10.3. The summed E-state index contributed by atoms with van der Waals surface area (Å²) in [5, 5.41) is 8.38. The summed E-state index contributed by atoms with van der Waals surface area (Å²) in [6, 6.07) is -1.12. The van der Waals surface area contributed by atoms with Crippen LogP contribution in [-0.2, 0) is 14.8 Å². The molecule has 0 heterocycles. The Kier molecular flexibility index (Phi) is 4.31. The van der Waals surface area contributed by atoms with Gasteiger partial charge in [-0.05, 0) is 6.42 Å². The third-order valence-corrected chi connectivity index (χ3v) is 3.42. The lowest BCUT2D eigenvalue weighted by Crippen LogP contribution is -2.34.